The van der Waals surface area contributed by atoms with Crippen molar-refractivity contribution in [2.45, 2.75) is 37.8 Å². The van der Waals surface area contributed by atoms with Gasteiger partial charge in [-0.25, -0.2) is 14.6 Å². The van der Waals surface area contributed by atoms with E-state index < -0.39 is 18.0 Å². The van der Waals surface area contributed by atoms with Crippen LogP contribution in [0.1, 0.15) is 48.3 Å². The molecule has 1 aliphatic heterocycles. The van der Waals surface area contributed by atoms with Gasteiger partial charge in [-0.2, -0.15) is 0 Å². The van der Waals surface area contributed by atoms with Crippen molar-refractivity contribution in [3.05, 3.63) is 96.2 Å². The summed E-state index contributed by atoms with van der Waals surface area (Å²) in [6.45, 7) is 5.34. The highest BCUT2D eigenvalue weighted by Gasteiger charge is 2.33. The number of ether oxygens (including phenoxy) is 2. The van der Waals surface area contributed by atoms with E-state index in [0.717, 1.165) is 16.0 Å². The summed E-state index contributed by atoms with van der Waals surface area (Å²) < 4.78 is 12.3. The first-order valence-electron chi connectivity index (χ1n) is 11.3. The molecule has 0 fully saturated rings. The van der Waals surface area contributed by atoms with Gasteiger partial charge in [-0.05, 0) is 68.5 Å². The average Bonchev–Trinajstić information content (AvgIpc) is 3.16. The van der Waals surface area contributed by atoms with Crippen LogP contribution in [0.4, 0.5) is 0 Å². The Kier molecular flexibility index (Phi) is 7.61. The van der Waals surface area contributed by atoms with Crippen LogP contribution in [0.2, 0.25) is 0 Å². The van der Waals surface area contributed by atoms with Crippen molar-refractivity contribution in [3.8, 4) is 0 Å². The Morgan fingerprint density at radius 1 is 1.08 bits per heavy atom. The number of thiazole rings is 1. The minimum absolute atomic E-state index is 0.253. The maximum Gasteiger partial charge on any atom is 0.338 e. The van der Waals surface area contributed by atoms with E-state index in [1.165, 1.54) is 18.4 Å². The van der Waals surface area contributed by atoms with E-state index in [1.54, 1.807) is 67.4 Å². The second-order valence-corrected chi connectivity index (χ2v) is 10.3. The number of methoxy groups -OCH3 is 1. The third-order valence-electron chi connectivity index (χ3n) is 5.65. The lowest BCUT2D eigenvalue weighted by Gasteiger charge is -2.25. The normalized spacial score (nSPS) is 15.5. The van der Waals surface area contributed by atoms with E-state index in [2.05, 4.69) is 4.99 Å². The molecule has 0 radical (unpaired) electrons. The molecule has 1 atom stereocenters. The van der Waals surface area contributed by atoms with Gasteiger partial charge in [0.05, 0.1) is 40.6 Å². The van der Waals surface area contributed by atoms with Crippen molar-refractivity contribution in [2.75, 3.05) is 13.4 Å². The Bertz CT molecular complexity index is 1510. The highest BCUT2D eigenvalue weighted by Crippen LogP contribution is 2.32. The standard InChI is InChI=1S/C27H26N2O5S2/c1-15(2)34-26(32)22-16(3)28-27-29(23(22)18-10-12-20(35-5)13-11-18)24(30)21(36-27)14-17-6-8-19(9-7-17)25(31)33-4/h6-15,23H,1-5H3/b21-14-/t23-/m0/s1. The zero-order valence-electron chi connectivity index (χ0n) is 20.6. The highest BCUT2D eigenvalue weighted by molar-refractivity contribution is 7.98. The van der Waals surface area contributed by atoms with Crippen molar-refractivity contribution in [2.24, 2.45) is 4.99 Å². The number of allylic oxidation sites excluding steroid dienone is 1. The summed E-state index contributed by atoms with van der Waals surface area (Å²) in [7, 11) is 1.33. The molecule has 0 saturated carbocycles. The van der Waals surface area contributed by atoms with Gasteiger partial charge in [0.2, 0.25) is 0 Å². The summed E-state index contributed by atoms with van der Waals surface area (Å²) in [5, 5.41) is 0. The van der Waals surface area contributed by atoms with E-state index >= 15 is 0 Å². The summed E-state index contributed by atoms with van der Waals surface area (Å²) in [6, 6.07) is 13.9. The largest absolute Gasteiger partial charge is 0.465 e. The maximum absolute atomic E-state index is 13.7. The molecule has 1 aromatic heterocycles. The number of nitrogens with zero attached hydrogens (tertiary/aromatic N) is 2. The molecule has 4 rings (SSSR count). The maximum atomic E-state index is 13.7. The van der Waals surface area contributed by atoms with Crippen LogP contribution in [0.25, 0.3) is 6.08 Å². The molecular formula is C27H26N2O5S2. The van der Waals surface area contributed by atoms with E-state index in [1.807, 2.05) is 30.5 Å². The molecule has 0 saturated heterocycles. The fraction of sp³-hybridized carbons (Fsp3) is 0.259. The Morgan fingerprint density at radius 2 is 1.75 bits per heavy atom. The van der Waals surface area contributed by atoms with Gasteiger partial charge < -0.3 is 9.47 Å². The lowest BCUT2D eigenvalue weighted by molar-refractivity contribution is -0.143. The summed E-state index contributed by atoms with van der Waals surface area (Å²) in [5.74, 6) is -0.914. The van der Waals surface area contributed by atoms with Crippen LogP contribution in [0.3, 0.4) is 0 Å². The third kappa shape index (κ3) is 5.08. The van der Waals surface area contributed by atoms with E-state index in [-0.39, 0.29) is 11.7 Å². The summed E-state index contributed by atoms with van der Waals surface area (Å²) in [6.07, 6.45) is 3.44. The fourth-order valence-corrected chi connectivity index (χ4v) is 5.40. The smallest absolute Gasteiger partial charge is 0.338 e. The fourth-order valence-electron chi connectivity index (χ4n) is 3.95. The van der Waals surface area contributed by atoms with Crippen LogP contribution in [-0.4, -0.2) is 36.0 Å². The number of fused-ring (bicyclic) bond motifs is 1. The van der Waals surface area contributed by atoms with Gasteiger partial charge in [-0.15, -0.1) is 11.8 Å². The number of aromatic nitrogens is 1. The number of thioether (sulfide) groups is 1. The SMILES string of the molecule is COC(=O)c1ccc(/C=c2\sc3n(c2=O)[C@@H](c2ccc(SC)cc2)C(C(=O)OC(C)C)=C(C)N=3)cc1. The quantitative estimate of drug-likeness (QED) is 0.363. The van der Waals surface area contributed by atoms with Crippen LogP contribution in [0, 0.1) is 0 Å². The molecule has 0 aliphatic carbocycles. The van der Waals surface area contributed by atoms with Gasteiger partial charge >= 0.3 is 11.9 Å². The first kappa shape index (κ1) is 25.7. The Hall–Kier alpha value is -3.43. The summed E-state index contributed by atoms with van der Waals surface area (Å²) in [5.41, 5.74) is 2.60. The number of carbonyl (C=O) groups excluding carboxylic acids is 2. The molecule has 3 aromatic rings. The molecular weight excluding hydrogens is 496 g/mol. The van der Waals surface area contributed by atoms with Crippen LogP contribution in [0.5, 0.6) is 0 Å². The molecule has 0 amide bonds. The minimum Gasteiger partial charge on any atom is -0.465 e. The predicted octanol–water partition coefficient (Wildman–Crippen LogP) is 3.70. The van der Waals surface area contributed by atoms with Gasteiger partial charge in [0, 0.05) is 4.90 Å². The molecule has 9 heteroatoms. The zero-order valence-corrected chi connectivity index (χ0v) is 22.2. The summed E-state index contributed by atoms with van der Waals surface area (Å²) >= 11 is 2.87. The predicted molar refractivity (Wildman–Crippen MR) is 141 cm³/mol. The lowest BCUT2D eigenvalue weighted by Crippen LogP contribution is -2.40. The van der Waals surface area contributed by atoms with Gasteiger partial charge in [0.1, 0.15) is 0 Å². The zero-order chi connectivity index (χ0) is 26.0. The van der Waals surface area contributed by atoms with Crippen LogP contribution < -0.4 is 14.9 Å². The second-order valence-electron chi connectivity index (χ2n) is 8.42. The number of carbonyl (C=O) groups is 2. The van der Waals surface area contributed by atoms with E-state index in [4.69, 9.17) is 9.47 Å². The molecule has 1 aliphatic rings. The highest BCUT2D eigenvalue weighted by atomic mass is 32.2. The Balaban J connectivity index is 1.87. The van der Waals surface area contributed by atoms with Gasteiger partial charge in [0.25, 0.3) is 5.56 Å². The molecule has 0 spiro atoms. The molecule has 0 N–H and O–H groups in total. The van der Waals surface area contributed by atoms with E-state index in [0.29, 0.717) is 26.2 Å². The molecule has 2 aromatic carbocycles. The van der Waals surface area contributed by atoms with Crippen molar-refractivity contribution in [3.63, 3.8) is 0 Å². The molecule has 186 valence electrons. The van der Waals surface area contributed by atoms with Crippen molar-refractivity contribution in [1.82, 2.24) is 4.57 Å². The number of hydrogen-bond acceptors (Lipinski definition) is 8. The molecule has 7 nitrogen and oxygen atoms in total. The van der Waals surface area contributed by atoms with Crippen LogP contribution in [0.15, 0.2) is 74.5 Å². The van der Waals surface area contributed by atoms with Crippen molar-refractivity contribution >= 4 is 41.1 Å². The van der Waals surface area contributed by atoms with Crippen LogP contribution in [-0.2, 0) is 14.3 Å². The average molecular weight is 523 g/mol. The molecule has 36 heavy (non-hydrogen) atoms. The number of hydrogen-bond donors (Lipinski definition) is 0. The number of esters is 2. The minimum atomic E-state index is -0.660. The van der Waals surface area contributed by atoms with Crippen molar-refractivity contribution < 1.29 is 19.1 Å². The Morgan fingerprint density at radius 3 is 2.33 bits per heavy atom. The summed E-state index contributed by atoms with van der Waals surface area (Å²) in [4.78, 5) is 44.7. The topological polar surface area (TPSA) is 87.0 Å². The first-order chi connectivity index (χ1) is 17.2. The third-order valence-corrected chi connectivity index (χ3v) is 7.37. The van der Waals surface area contributed by atoms with Gasteiger partial charge in [0.15, 0.2) is 4.80 Å². The van der Waals surface area contributed by atoms with Gasteiger partial charge in [-0.3, -0.25) is 9.36 Å². The van der Waals surface area contributed by atoms with E-state index in [9.17, 15) is 14.4 Å². The van der Waals surface area contributed by atoms with Crippen LogP contribution >= 0.6 is 23.1 Å². The Labute approximate surface area is 216 Å². The molecule has 2 heterocycles. The molecule has 0 unspecified atom stereocenters. The van der Waals surface area contributed by atoms with Crippen molar-refractivity contribution in [1.29, 1.82) is 0 Å². The first-order valence-corrected chi connectivity index (χ1v) is 13.3. The number of rotatable bonds is 6. The lowest BCUT2D eigenvalue weighted by atomic mass is 9.96. The molecule has 0 bridgehead atoms. The second kappa shape index (κ2) is 10.7. The number of benzene rings is 2. The monoisotopic (exact) mass is 522 g/mol. The van der Waals surface area contributed by atoms with Gasteiger partial charge in [-0.1, -0.05) is 35.6 Å².